The summed E-state index contributed by atoms with van der Waals surface area (Å²) in [6.45, 7) is 7.76. The van der Waals surface area contributed by atoms with Gasteiger partial charge in [0, 0.05) is 19.6 Å². The summed E-state index contributed by atoms with van der Waals surface area (Å²) in [6, 6.07) is 0.620. The molecule has 0 aromatic heterocycles. The maximum absolute atomic E-state index is 4.27. The molecular weight excluding hydrogens is 325 g/mol. The first-order chi connectivity index (χ1) is 7.61. The third-order valence-corrected chi connectivity index (χ3v) is 3.26. The van der Waals surface area contributed by atoms with Crippen LogP contribution in [0.1, 0.15) is 46.5 Å². The molecule has 1 rings (SSSR count). The van der Waals surface area contributed by atoms with E-state index in [9.17, 15) is 0 Å². The molecule has 17 heavy (non-hydrogen) atoms. The fourth-order valence-corrected chi connectivity index (χ4v) is 2.09. The van der Waals surface area contributed by atoms with Crippen molar-refractivity contribution in [1.82, 2.24) is 10.6 Å². The van der Waals surface area contributed by atoms with Gasteiger partial charge in [-0.15, -0.1) is 24.0 Å². The van der Waals surface area contributed by atoms with Gasteiger partial charge in [0.05, 0.1) is 0 Å². The van der Waals surface area contributed by atoms with Gasteiger partial charge in [-0.05, 0) is 37.5 Å². The van der Waals surface area contributed by atoms with Gasteiger partial charge >= 0.3 is 0 Å². The van der Waals surface area contributed by atoms with Crippen molar-refractivity contribution in [2.45, 2.75) is 52.5 Å². The molecule has 0 bridgehead atoms. The fraction of sp³-hybridized carbons (Fsp3) is 0.923. The van der Waals surface area contributed by atoms with Crippen molar-refractivity contribution in [3.8, 4) is 0 Å². The minimum atomic E-state index is 0. The van der Waals surface area contributed by atoms with E-state index in [1.807, 2.05) is 7.05 Å². The lowest BCUT2D eigenvalue weighted by atomic mass is 9.87. The molecule has 0 unspecified atom stereocenters. The highest BCUT2D eigenvalue weighted by Gasteiger charge is 2.18. The van der Waals surface area contributed by atoms with Crippen LogP contribution in [0.15, 0.2) is 4.99 Å². The third kappa shape index (κ3) is 7.11. The number of rotatable bonds is 3. The normalized spacial score (nSPS) is 25.4. The molecular formula is C13H28IN3. The summed E-state index contributed by atoms with van der Waals surface area (Å²) in [5, 5.41) is 6.89. The standard InChI is InChI=1S/C13H27N3.HI/c1-10(2)9-15-13(14-4)16-12-7-5-11(3)6-8-12;/h10-12H,5-9H2,1-4H3,(H2,14,15,16);1H. The van der Waals surface area contributed by atoms with Gasteiger partial charge in [0.1, 0.15) is 0 Å². The largest absolute Gasteiger partial charge is 0.356 e. The molecule has 3 nitrogen and oxygen atoms in total. The van der Waals surface area contributed by atoms with Crippen LogP contribution in [0.5, 0.6) is 0 Å². The maximum Gasteiger partial charge on any atom is 0.191 e. The van der Waals surface area contributed by atoms with Crippen LogP contribution in [0.25, 0.3) is 0 Å². The van der Waals surface area contributed by atoms with Gasteiger partial charge in [-0.25, -0.2) is 0 Å². The Labute approximate surface area is 123 Å². The summed E-state index contributed by atoms with van der Waals surface area (Å²) in [6.07, 6.45) is 5.25. The minimum absolute atomic E-state index is 0. The molecule has 0 heterocycles. The van der Waals surface area contributed by atoms with E-state index in [0.717, 1.165) is 18.4 Å². The van der Waals surface area contributed by atoms with Crippen molar-refractivity contribution in [1.29, 1.82) is 0 Å². The lowest BCUT2D eigenvalue weighted by molar-refractivity contribution is 0.329. The van der Waals surface area contributed by atoms with Gasteiger partial charge < -0.3 is 10.6 Å². The summed E-state index contributed by atoms with van der Waals surface area (Å²) < 4.78 is 0. The highest BCUT2D eigenvalue weighted by atomic mass is 127. The smallest absolute Gasteiger partial charge is 0.191 e. The van der Waals surface area contributed by atoms with Gasteiger partial charge in [-0.2, -0.15) is 0 Å². The molecule has 0 aromatic rings. The lowest BCUT2D eigenvalue weighted by Gasteiger charge is -2.28. The Morgan fingerprint density at radius 2 is 1.82 bits per heavy atom. The van der Waals surface area contributed by atoms with Crippen molar-refractivity contribution in [3.63, 3.8) is 0 Å². The predicted octanol–water partition coefficient (Wildman–Crippen LogP) is 3.00. The Hall–Kier alpha value is 0. The number of halogens is 1. The van der Waals surface area contributed by atoms with Gasteiger partial charge in [0.2, 0.25) is 0 Å². The second-order valence-corrected chi connectivity index (χ2v) is 5.45. The summed E-state index contributed by atoms with van der Waals surface area (Å²) in [4.78, 5) is 4.27. The molecule has 0 radical (unpaired) electrons. The van der Waals surface area contributed by atoms with Gasteiger partial charge in [0.25, 0.3) is 0 Å². The molecule has 102 valence electrons. The monoisotopic (exact) mass is 353 g/mol. The number of nitrogens with zero attached hydrogens (tertiary/aromatic N) is 1. The van der Waals surface area contributed by atoms with E-state index in [4.69, 9.17) is 0 Å². The van der Waals surface area contributed by atoms with Crippen LogP contribution in [0, 0.1) is 11.8 Å². The molecule has 0 aliphatic heterocycles. The molecule has 1 aliphatic rings. The highest BCUT2D eigenvalue weighted by molar-refractivity contribution is 14.0. The Bertz CT molecular complexity index is 221. The first-order valence-electron chi connectivity index (χ1n) is 6.59. The summed E-state index contributed by atoms with van der Waals surface area (Å²) in [7, 11) is 1.85. The van der Waals surface area contributed by atoms with Crippen molar-refractivity contribution in [3.05, 3.63) is 0 Å². The number of nitrogens with one attached hydrogen (secondary N) is 2. The minimum Gasteiger partial charge on any atom is -0.356 e. The van der Waals surface area contributed by atoms with Crippen LogP contribution in [0.3, 0.4) is 0 Å². The molecule has 1 saturated carbocycles. The second-order valence-electron chi connectivity index (χ2n) is 5.45. The molecule has 2 N–H and O–H groups in total. The molecule has 1 fully saturated rings. The molecule has 1 aliphatic carbocycles. The fourth-order valence-electron chi connectivity index (χ4n) is 2.09. The van der Waals surface area contributed by atoms with Crippen LogP contribution >= 0.6 is 24.0 Å². The first-order valence-corrected chi connectivity index (χ1v) is 6.59. The average molecular weight is 353 g/mol. The van der Waals surface area contributed by atoms with Crippen molar-refractivity contribution < 1.29 is 0 Å². The highest BCUT2D eigenvalue weighted by Crippen LogP contribution is 2.23. The summed E-state index contributed by atoms with van der Waals surface area (Å²) >= 11 is 0. The molecule has 0 saturated heterocycles. The van der Waals surface area contributed by atoms with E-state index in [1.165, 1.54) is 25.7 Å². The molecule has 0 aromatic carbocycles. The zero-order chi connectivity index (χ0) is 12.0. The van der Waals surface area contributed by atoms with Crippen LogP contribution in [0.4, 0.5) is 0 Å². The van der Waals surface area contributed by atoms with E-state index in [1.54, 1.807) is 0 Å². The van der Waals surface area contributed by atoms with Crippen molar-refractivity contribution in [2.24, 2.45) is 16.8 Å². The Morgan fingerprint density at radius 3 is 2.29 bits per heavy atom. The quantitative estimate of drug-likeness (QED) is 0.465. The Kier molecular flexibility index (Phi) is 9.00. The second kappa shape index (κ2) is 9.00. The van der Waals surface area contributed by atoms with Gasteiger partial charge in [-0.3, -0.25) is 4.99 Å². The zero-order valence-electron chi connectivity index (χ0n) is 11.6. The van der Waals surface area contributed by atoms with Crippen LogP contribution in [-0.4, -0.2) is 25.6 Å². The molecule has 0 spiro atoms. The van der Waals surface area contributed by atoms with E-state index in [0.29, 0.717) is 12.0 Å². The maximum atomic E-state index is 4.27. The van der Waals surface area contributed by atoms with Crippen molar-refractivity contribution in [2.75, 3.05) is 13.6 Å². The van der Waals surface area contributed by atoms with Crippen LogP contribution in [0.2, 0.25) is 0 Å². The van der Waals surface area contributed by atoms with Crippen molar-refractivity contribution >= 4 is 29.9 Å². The van der Waals surface area contributed by atoms with Gasteiger partial charge in [0.15, 0.2) is 5.96 Å². The van der Waals surface area contributed by atoms with E-state index in [-0.39, 0.29) is 24.0 Å². The van der Waals surface area contributed by atoms with E-state index in [2.05, 4.69) is 36.4 Å². The number of hydrogen-bond donors (Lipinski definition) is 2. The zero-order valence-corrected chi connectivity index (χ0v) is 14.0. The van der Waals surface area contributed by atoms with Crippen LogP contribution < -0.4 is 10.6 Å². The van der Waals surface area contributed by atoms with Gasteiger partial charge in [-0.1, -0.05) is 20.8 Å². The van der Waals surface area contributed by atoms with Crippen LogP contribution in [-0.2, 0) is 0 Å². The average Bonchev–Trinajstić information content (AvgIpc) is 2.26. The Morgan fingerprint density at radius 1 is 1.24 bits per heavy atom. The first kappa shape index (κ1) is 17.0. The van der Waals surface area contributed by atoms with E-state index < -0.39 is 0 Å². The summed E-state index contributed by atoms with van der Waals surface area (Å²) in [5.74, 6) is 2.53. The molecule has 4 heteroatoms. The molecule has 0 amide bonds. The topological polar surface area (TPSA) is 36.4 Å². The third-order valence-electron chi connectivity index (χ3n) is 3.26. The number of aliphatic imine (C=N–C) groups is 1. The molecule has 0 atom stereocenters. The predicted molar refractivity (Wildman–Crippen MR) is 86.2 cm³/mol. The number of hydrogen-bond acceptors (Lipinski definition) is 1. The Balaban J connectivity index is 0.00000256. The van der Waals surface area contributed by atoms with E-state index >= 15 is 0 Å². The lowest BCUT2D eigenvalue weighted by Crippen LogP contribution is -2.45. The number of guanidine groups is 1. The SMILES string of the molecule is CN=C(NCC(C)C)NC1CCC(C)CC1.I. The summed E-state index contributed by atoms with van der Waals surface area (Å²) in [5.41, 5.74) is 0.